The predicted molar refractivity (Wildman–Crippen MR) is 129 cm³/mol. The van der Waals surface area contributed by atoms with Gasteiger partial charge in [0.25, 0.3) is 5.91 Å². The first-order valence-corrected chi connectivity index (χ1v) is 12.3. The van der Waals surface area contributed by atoms with Crippen molar-refractivity contribution in [2.24, 2.45) is 0 Å². The SMILES string of the molecule is CCc1ccc(N2C(=O)c3cc4occc4n3C[C@]2(C)C(=O)NC2CCCCCCC2)cc1. The fraction of sp³-hybridized carbons (Fsp3) is 0.481. The minimum Gasteiger partial charge on any atom is -0.463 e. The van der Waals surface area contributed by atoms with Gasteiger partial charge in [-0.25, -0.2) is 0 Å². The molecule has 3 aromatic rings. The highest BCUT2D eigenvalue weighted by molar-refractivity contribution is 6.13. The minimum atomic E-state index is -1.05. The zero-order valence-corrected chi connectivity index (χ0v) is 19.6. The Labute approximate surface area is 194 Å². The van der Waals surface area contributed by atoms with Crippen LogP contribution in [0.4, 0.5) is 5.69 Å². The third-order valence-electron chi connectivity index (χ3n) is 7.44. The van der Waals surface area contributed by atoms with Crippen molar-refractivity contribution in [3.05, 3.63) is 53.9 Å². The van der Waals surface area contributed by atoms with Crippen molar-refractivity contribution in [2.45, 2.75) is 83.3 Å². The van der Waals surface area contributed by atoms with Gasteiger partial charge in [0, 0.05) is 23.9 Å². The van der Waals surface area contributed by atoms with Crippen molar-refractivity contribution in [1.82, 2.24) is 9.88 Å². The molecule has 2 amide bonds. The maximum atomic E-state index is 13.9. The minimum absolute atomic E-state index is 0.0861. The van der Waals surface area contributed by atoms with Crippen LogP contribution in [-0.2, 0) is 17.8 Å². The van der Waals surface area contributed by atoms with Crippen LogP contribution in [0.5, 0.6) is 0 Å². The van der Waals surface area contributed by atoms with Gasteiger partial charge in [-0.15, -0.1) is 0 Å². The summed E-state index contributed by atoms with van der Waals surface area (Å²) < 4.78 is 7.51. The molecule has 174 valence electrons. The average molecular weight is 448 g/mol. The summed E-state index contributed by atoms with van der Waals surface area (Å²) in [5, 5.41) is 3.34. The molecule has 1 aliphatic heterocycles. The van der Waals surface area contributed by atoms with Gasteiger partial charge in [-0.05, 0) is 43.9 Å². The fourth-order valence-corrected chi connectivity index (χ4v) is 5.44. The van der Waals surface area contributed by atoms with E-state index in [0.717, 1.165) is 43.3 Å². The third kappa shape index (κ3) is 3.85. The lowest BCUT2D eigenvalue weighted by Crippen LogP contribution is -2.65. The molecule has 1 fully saturated rings. The van der Waals surface area contributed by atoms with Crippen LogP contribution in [0.1, 0.15) is 74.8 Å². The van der Waals surface area contributed by atoms with Gasteiger partial charge in [-0.2, -0.15) is 0 Å². The van der Waals surface area contributed by atoms with Gasteiger partial charge in [0.05, 0.1) is 18.3 Å². The summed E-state index contributed by atoms with van der Waals surface area (Å²) in [6, 6.07) is 11.8. The van der Waals surface area contributed by atoms with E-state index in [4.69, 9.17) is 4.42 Å². The van der Waals surface area contributed by atoms with E-state index in [2.05, 4.69) is 12.2 Å². The number of fused-ring (bicyclic) bond motifs is 3. The number of rotatable bonds is 4. The summed E-state index contributed by atoms with van der Waals surface area (Å²) in [4.78, 5) is 29.4. The number of benzene rings is 1. The summed E-state index contributed by atoms with van der Waals surface area (Å²) >= 11 is 0. The summed E-state index contributed by atoms with van der Waals surface area (Å²) in [5.41, 5.74) is 2.97. The highest BCUT2D eigenvalue weighted by Crippen LogP contribution is 2.36. The second kappa shape index (κ2) is 8.73. The maximum absolute atomic E-state index is 13.9. The van der Waals surface area contributed by atoms with E-state index in [9.17, 15) is 9.59 Å². The summed E-state index contributed by atoms with van der Waals surface area (Å²) in [7, 11) is 0. The van der Waals surface area contributed by atoms with Crippen LogP contribution in [0.15, 0.2) is 47.1 Å². The first kappa shape index (κ1) is 21.8. The Morgan fingerprint density at radius 1 is 1.09 bits per heavy atom. The highest BCUT2D eigenvalue weighted by atomic mass is 16.3. The van der Waals surface area contributed by atoms with Crippen molar-refractivity contribution in [3.8, 4) is 0 Å². The third-order valence-corrected chi connectivity index (χ3v) is 7.44. The van der Waals surface area contributed by atoms with Crippen LogP contribution < -0.4 is 10.2 Å². The molecule has 6 nitrogen and oxygen atoms in total. The molecule has 33 heavy (non-hydrogen) atoms. The van der Waals surface area contributed by atoms with Gasteiger partial charge in [0.1, 0.15) is 11.2 Å². The van der Waals surface area contributed by atoms with E-state index in [-0.39, 0.29) is 17.9 Å². The number of furan rings is 1. The normalized spacial score (nSPS) is 22.1. The first-order chi connectivity index (χ1) is 16.0. The lowest BCUT2D eigenvalue weighted by Gasteiger charge is -2.44. The molecule has 2 aromatic heterocycles. The molecule has 1 saturated carbocycles. The van der Waals surface area contributed by atoms with E-state index >= 15 is 0 Å². The summed E-state index contributed by atoms with van der Waals surface area (Å²) in [6.45, 7) is 4.38. The quantitative estimate of drug-likeness (QED) is 0.579. The van der Waals surface area contributed by atoms with Crippen LogP contribution in [-0.4, -0.2) is 28.0 Å². The number of hydrogen-bond acceptors (Lipinski definition) is 3. The molecular weight excluding hydrogens is 414 g/mol. The van der Waals surface area contributed by atoms with Crippen molar-refractivity contribution >= 4 is 28.6 Å². The molecule has 1 aliphatic carbocycles. The smallest absolute Gasteiger partial charge is 0.276 e. The van der Waals surface area contributed by atoms with E-state index < -0.39 is 5.54 Å². The number of hydrogen-bond donors (Lipinski definition) is 1. The van der Waals surface area contributed by atoms with E-state index in [0.29, 0.717) is 17.8 Å². The van der Waals surface area contributed by atoms with Gasteiger partial charge in [-0.3, -0.25) is 14.5 Å². The largest absolute Gasteiger partial charge is 0.463 e. The number of carbonyl (C=O) groups excluding carboxylic acids is 2. The molecule has 1 aromatic carbocycles. The molecule has 1 atom stereocenters. The standard InChI is InChI=1S/C27H33N3O3/c1-3-19-11-13-21(14-12-19)30-25(31)23-17-24-22(15-16-33-24)29(23)18-27(30,2)26(32)28-20-9-7-5-4-6-8-10-20/h11-17,20H,3-10,18H2,1-2H3,(H,28,32)/t27-/m1/s1. The first-order valence-electron chi connectivity index (χ1n) is 12.3. The van der Waals surface area contributed by atoms with Gasteiger partial charge in [-0.1, -0.05) is 51.2 Å². The van der Waals surface area contributed by atoms with Crippen LogP contribution in [0.25, 0.3) is 11.1 Å². The highest BCUT2D eigenvalue weighted by Gasteiger charge is 2.49. The van der Waals surface area contributed by atoms with Crippen LogP contribution in [0.2, 0.25) is 0 Å². The van der Waals surface area contributed by atoms with Crippen molar-refractivity contribution in [1.29, 1.82) is 0 Å². The van der Waals surface area contributed by atoms with Gasteiger partial charge in [0.15, 0.2) is 5.58 Å². The lowest BCUT2D eigenvalue weighted by molar-refractivity contribution is -0.127. The van der Waals surface area contributed by atoms with Gasteiger partial charge in [0.2, 0.25) is 5.91 Å². The van der Waals surface area contributed by atoms with Crippen molar-refractivity contribution in [3.63, 3.8) is 0 Å². The van der Waals surface area contributed by atoms with Crippen LogP contribution >= 0.6 is 0 Å². The lowest BCUT2D eigenvalue weighted by atomic mass is 9.91. The molecule has 0 unspecified atom stereocenters. The second-order valence-corrected chi connectivity index (χ2v) is 9.74. The molecule has 0 radical (unpaired) electrons. The predicted octanol–water partition coefficient (Wildman–Crippen LogP) is 5.44. The van der Waals surface area contributed by atoms with Crippen LogP contribution in [0, 0.1) is 0 Å². The van der Waals surface area contributed by atoms with Gasteiger partial charge >= 0.3 is 0 Å². The zero-order chi connectivity index (χ0) is 23.0. The average Bonchev–Trinajstić information content (AvgIpc) is 3.38. The number of aryl methyl sites for hydroxylation is 1. The van der Waals surface area contributed by atoms with Crippen LogP contribution in [0.3, 0.4) is 0 Å². The number of nitrogens with one attached hydrogen (secondary N) is 1. The Morgan fingerprint density at radius 2 is 1.79 bits per heavy atom. The number of aromatic nitrogens is 1. The topological polar surface area (TPSA) is 67.5 Å². The molecule has 3 heterocycles. The Kier molecular flexibility index (Phi) is 5.77. The molecule has 2 aliphatic rings. The van der Waals surface area contributed by atoms with E-state index in [1.54, 1.807) is 17.2 Å². The molecule has 0 spiro atoms. The number of anilines is 1. The Hall–Kier alpha value is -3.02. The van der Waals surface area contributed by atoms with Crippen molar-refractivity contribution in [2.75, 3.05) is 4.90 Å². The maximum Gasteiger partial charge on any atom is 0.276 e. The molecule has 6 heteroatoms. The molecule has 1 N–H and O–H groups in total. The monoisotopic (exact) mass is 447 g/mol. The Morgan fingerprint density at radius 3 is 2.48 bits per heavy atom. The number of carbonyl (C=O) groups is 2. The Balaban J connectivity index is 1.54. The van der Waals surface area contributed by atoms with E-state index in [1.165, 1.54) is 24.8 Å². The van der Waals surface area contributed by atoms with Gasteiger partial charge < -0.3 is 14.3 Å². The molecular formula is C27H33N3O3. The fourth-order valence-electron chi connectivity index (χ4n) is 5.44. The second-order valence-electron chi connectivity index (χ2n) is 9.74. The number of amides is 2. The number of nitrogens with zero attached hydrogens (tertiary/aromatic N) is 2. The summed E-state index contributed by atoms with van der Waals surface area (Å²) in [6.07, 6.45) is 10.6. The molecule has 0 bridgehead atoms. The molecule has 0 saturated heterocycles. The summed E-state index contributed by atoms with van der Waals surface area (Å²) in [5.74, 6) is -0.260. The van der Waals surface area contributed by atoms with E-state index in [1.807, 2.05) is 41.8 Å². The molecule has 5 rings (SSSR count). The Bertz CT molecular complexity index is 1150. The zero-order valence-electron chi connectivity index (χ0n) is 19.6. The van der Waals surface area contributed by atoms with Crippen molar-refractivity contribution < 1.29 is 14.0 Å².